The Bertz CT molecular complexity index is 861. The first-order valence-electron chi connectivity index (χ1n) is 7.90. The van der Waals surface area contributed by atoms with Crippen molar-refractivity contribution in [2.45, 2.75) is 19.5 Å². The molecule has 4 rings (SSSR count). The summed E-state index contributed by atoms with van der Waals surface area (Å²) in [6, 6.07) is 14.2. The number of aromatic nitrogens is 1. The van der Waals surface area contributed by atoms with Crippen molar-refractivity contribution < 1.29 is 13.3 Å². The van der Waals surface area contributed by atoms with Crippen molar-refractivity contribution in [2.75, 3.05) is 6.54 Å². The molecule has 0 bridgehead atoms. The van der Waals surface area contributed by atoms with Crippen molar-refractivity contribution in [2.24, 2.45) is 0 Å². The average Bonchev–Trinajstić information content (AvgIpc) is 3.03. The highest BCUT2D eigenvalue weighted by atomic mass is 19.2. The van der Waals surface area contributed by atoms with E-state index in [0.29, 0.717) is 25.1 Å². The molecule has 0 saturated carbocycles. The summed E-state index contributed by atoms with van der Waals surface area (Å²) in [5, 5.41) is 4.21. The van der Waals surface area contributed by atoms with Gasteiger partial charge in [0.2, 0.25) is 0 Å². The molecule has 0 saturated heterocycles. The van der Waals surface area contributed by atoms with Gasteiger partial charge < -0.3 is 4.52 Å². The number of nitrogens with zero attached hydrogens (tertiary/aromatic N) is 2. The maximum absolute atomic E-state index is 13.9. The van der Waals surface area contributed by atoms with Crippen molar-refractivity contribution in [3.05, 3.63) is 77.1 Å². The molecule has 1 aliphatic heterocycles. The molecule has 0 atom stereocenters. The monoisotopic (exact) mass is 326 g/mol. The number of halogens is 2. The molecule has 5 heteroatoms. The standard InChI is InChI=1S/C19H16F2N2O/c20-16-8-4-7-14(18(16)21)11-23-10-9-17-15(12-23)19(22-24-17)13-5-2-1-3-6-13/h1-8H,9-12H2. The van der Waals surface area contributed by atoms with Crippen molar-refractivity contribution in [3.8, 4) is 11.3 Å². The van der Waals surface area contributed by atoms with Gasteiger partial charge in [-0.1, -0.05) is 47.6 Å². The second-order valence-corrected chi connectivity index (χ2v) is 5.97. The highest BCUT2D eigenvalue weighted by Crippen LogP contribution is 2.30. The number of rotatable bonds is 3. The zero-order chi connectivity index (χ0) is 16.5. The number of hydrogen-bond donors (Lipinski definition) is 0. The Morgan fingerprint density at radius 3 is 2.71 bits per heavy atom. The quantitative estimate of drug-likeness (QED) is 0.723. The molecule has 0 fully saturated rings. The second-order valence-electron chi connectivity index (χ2n) is 5.97. The summed E-state index contributed by atoms with van der Waals surface area (Å²) < 4.78 is 32.8. The topological polar surface area (TPSA) is 29.3 Å². The van der Waals surface area contributed by atoms with E-state index in [2.05, 4.69) is 10.1 Å². The fourth-order valence-corrected chi connectivity index (χ4v) is 3.13. The fourth-order valence-electron chi connectivity index (χ4n) is 3.13. The van der Waals surface area contributed by atoms with Crippen LogP contribution in [-0.4, -0.2) is 16.6 Å². The van der Waals surface area contributed by atoms with Crippen LogP contribution in [0.4, 0.5) is 8.78 Å². The van der Waals surface area contributed by atoms with Crippen LogP contribution < -0.4 is 0 Å². The van der Waals surface area contributed by atoms with E-state index >= 15 is 0 Å². The van der Waals surface area contributed by atoms with E-state index in [1.54, 1.807) is 6.07 Å². The third kappa shape index (κ3) is 2.71. The van der Waals surface area contributed by atoms with Gasteiger partial charge in [0, 0.05) is 42.7 Å². The lowest BCUT2D eigenvalue weighted by atomic mass is 10.0. The zero-order valence-corrected chi connectivity index (χ0v) is 13.0. The molecular formula is C19H16F2N2O. The SMILES string of the molecule is Fc1cccc(CN2CCc3onc(-c4ccccc4)c3C2)c1F. The van der Waals surface area contributed by atoms with Gasteiger partial charge in [-0.25, -0.2) is 8.78 Å². The smallest absolute Gasteiger partial charge is 0.163 e. The molecule has 122 valence electrons. The summed E-state index contributed by atoms with van der Waals surface area (Å²) >= 11 is 0. The number of fused-ring (bicyclic) bond motifs is 1. The molecule has 1 aliphatic rings. The Hall–Kier alpha value is -2.53. The van der Waals surface area contributed by atoms with Crippen LogP contribution in [0.3, 0.4) is 0 Å². The minimum absolute atomic E-state index is 0.364. The molecule has 0 aliphatic carbocycles. The lowest BCUT2D eigenvalue weighted by Gasteiger charge is -2.26. The van der Waals surface area contributed by atoms with Crippen LogP contribution in [0.1, 0.15) is 16.9 Å². The Balaban J connectivity index is 1.60. The summed E-state index contributed by atoms with van der Waals surface area (Å²) in [7, 11) is 0. The van der Waals surface area contributed by atoms with Gasteiger partial charge in [0.1, 0.15) is 11.5 Å². The average molecular weight is 326 g/mol. The van der Waals surface area contributed by atoms with Crippen LogP contribution in [0.25, 0.3) is 11.3 Å². The summed E-state index contributed by atoms with van der Waals surface area (Å²) in [6.45, 7) is 1.70. The molecule has 1 aromatic heterocycles. The third-order valence-corrected chi connectivity index (χ3v) is 4.38. The molecule has 0 spiro atoms. The molecule has 0 unspecified atom stereocenters. The van der Waals surface area contributed by atoms with E-state index in [0.717, 1.165) is 35.2 Å². The molecule has 3 aromatic rings. The predicted molar refractivity (Wildman–Crippen MR) is 86.1 cm³/mol. The molecular weight excluding hydrogens is 310 g/mol. The van der Waals surface area contributed by atoms with Crippen molar-refractivity contribution in [1.29, 1.82) is 0 Å². The molecule has 0 amide bonds. The second kappa shape index (κ2) is 6.17. The summed E-state index contributed by atoms with van der Waals surface area (Å²) in [6.07, 6.45) is 0.714. The van der Waals surface area contributed by atoms with Gasteiger partial charge in [0.15, 0.2) is 11.6 Å². The highest BCUT2D eigenvalue weighted by molar-refractivity contribution is 5.63. The lowest BCUT2D eigenvalue weighted by Crippen LogP contribution is -2.30. The van der Waals surface area contributed by atoms with Crippen LogP contribution in [0.5, 0.6) is 0 Å². The maximum Gasteiger partial charge on any atom is 0.163 e. The highest BCUT2D eigenvalue weighted by Gasteiger charge is 2.25. The normalized spacial score (nSPS) is 14.6. The minimum atomic E-state index is -0.805. The van der Waals surface area contributed by atoms with Crippen molar-refractivity contribution >= 4 is 0 Å². The van der Waals surface area contributed by atoms with Crippen LogP contribution in [-0.2, 0) is 19.5 Å². The first-order valence-corrected chi connectivity index (χ1v) is 7.90. The fraction of sp³-hybridized carbons (Fsp3) is 0.211. The van der Waals surface area contributed by atoms with Crippen LogP contribution in [0, 0.1) is 11.6 Å². The molecule has 24 heavy (non-hydrogen) atoms. The van der Waals surface area contributed by atoms with E-state index in [1.807, 2.05) is 30.3 Å². The maximum atomic E-state index is 13.9. The van der Waals surface area contributed by atoms with Crippen molar-refractivity contribution in [1.82, 2.24) is 10.1 Å². The summed E-state index contributed by atoms with van der Waals surface area (Å²) in [5.41, 5.74) is 3.23. The largest absolute Gasteiger partial charge is 0.360 e. The summed E-state index contributed by atoms with van der Waals surface area (Å²) in [4.78, 5) is 2.09. The molecule has 0 radical (unpaired) electrons. The lowest BCUT2D eigenvalue weighted by molar-refractivity contribution is 0.225. The Kier molecular flexibility index (Phi) is 3.86. The van der Waals surface area contributed by atoms with Gasteiger partial charge in [-0.05, 0) is 6.07 Å². The number of hydrogen-bond acceptors (Lipinski definition) is 3. The van der Waals surface area contributed by atoms with Crippen LogP contribution >= 0.6 is 0 Å². The Labute approximate surface area is 138 Å². The van der Waals surface area contributed by atoms with E-state index in [9.17, 15) is 8.78 Å². The third-order valence-electron chi connectivity index (χ3n) is 4.38. The predicted octanol–water partition coefficient (Wildman–Crippen LogP) is 4.18. The van der Waals surface area contributed by atoms with Crippen LogP contribution in [0.15, 0.2) is 53.1 Å². The molecule has 0 N–H and O–H groups in total. The summed E-state index contributed by atoms with van der Waals surface area (Å²) in [5.74, 6) is -0.693. The van der Waals surface area contributed by atoms with Gasteiger partial charge in [0.05, 0.1) is 0 Å². The number of benzene rings is 2. The van der Waals surface area contributed by atoms with Gasteiger partial charge in [-0.2, -0.15) is 0 Å². The van der Waals surface area contributed by atoms with Gasteiger partial charge in [-0.15, -0.1) is 0 Å². The van der Waals surface area contributed by atoms with Crippen molar-refractivity contribution in [3.63, 3.8) is 0 Å². The van der Waals surface area contributed by atoms with E-state index in [1.165, 1.54) is 6.07 Å². The van der Waals surface area contributed by atoms with E-state index < -0.39 is 11.6 Å². The Morgan fingerprint density at radius 2 is 1.88 bits per heavy atom. The first kappa shape index (κ1) is 15.0. The van der Waals surface area contributed by atoms with Crippen LogP contribution in [0.2, 0.25) is 0 Å². The molecule has 3 nitrogen and oxygen atoms in total. The Morgan fingerprint density at radius 1 is 1.04 bits per heavy atom. The molecule has 2 heterocycles. The first-order chi connectivity index (χ1) is 11.7. The van der Waals surface area contributed by atoms with Gasteiger partial charge >= 0.3 is 0 Å². The zero-order valence-electron chi connectivity index (χ0n) is 13.0. The molecule has 2 aromatic carbocycles. The van der Waals surface area contributed by atoms with Gasteiger partial charge in [-0.3, -0.25) is 4.90 Å². The minimum Gasteiger partial charge on any atom is -0.360 e. The van der Waals surface area contributed by atoms with Gasteiger partial charge in [0.25, 0.3) is 0 Å². The van der Waals surface area contributed by atoms with E-state index in [-0.39, 0.29) is 0 Å². The van der Waals surface area contributed by atoms with E-state index in [4.69, 9.17) is 4.52 Å².